The van der Waals surface area contributed by atoms with Crippen LogP contribution in [0.25, 0.3) is 0 Å². The Morgan fingerprint density at radius 2 is 1.84 bits per heavy atom. The van der Waals surface area contributed by atoms with Gasteiger partial charge >= 0.3 is 0 Å². The molecular weight excluding hydrogens is 232 g/mol. The van der Waals surface area contributed by atoms with E-state index in [9.17, 15) is 5.26 Å². The van der Waals surface area contributed by atoms with Crippen molar-refractivity contribution < 1.29 is 0 Å². The van der Waals surface area contributed by atoms with Crippen molar-refractivity contribution in [2.75, 3.05) is 7.05 Å². The molecule has 0 spiro atoms. The van der Waals surface area contributed by atoms with Gasteiger partial charge in [0.2, 0.25) is 0 Å². The second kappa shape index (κ2) is 6.21. The SMILES string of the molecule is CNC(c1ccc2c(c1)CCCC2)C(C#N)C(C)C. The summed E-state index contributed by atoms with van der Waals surface area (Å²) in [7, 11) is 1.96. The van der Waals surface area contributed by atoms with Crippen molar-refractivity contribution in [3.63, 3.8) is 0 Å². The molecule has 1 aliphatic carbocycles. The molecule has 0 bridgehead atoms. The predicted octanol–water partition coefficient (Wildman–Crippen LogP) is 3.62. The van der Waals surface area contributed by atoms with Crippen molar-refractivity contribution in [2.24, 2.45) is 11.8 Å². The Balaban J connectivity index is 2.31. The maximum absolute atomic E-state index is 9.41. The van der Waals surface area contributed by atoms with Gasteiger partial charge in [0.15, 0.2) is 0 Å². The third kappa shape index (κ3) is 2.98. The second-order valence-electron chi connectivity index (χ2n) is 5.90. The summed E-state index contributed by atoms with van der Waals surface area (Å²) in [5, 5.41) is 12.7. The number of nitriles is 1. The largest absolute Gasteiger partial charge is 0.312 e. The van der Waals surface area contributed by atoms with Crippen LogP contribution < -0.4 is 5.32 Å². The van der Waals surface area contributed by atoms with Gasteiger partial charge in [-0.1, -0.05) is 32.0 Å². The Kier molecular flexibility index (Phi) is 4.61. The van der Waals surface area contributed by atoms with Gasteiger partial charge in [-0.25, -0.2) is 0 Å². The van der Waals surface area contributed by atoms with E-state index >= 15 is 0 Å². The van der Waals surface area contributed by atoms with Gasteiger partial charge in [-0.3, -0.25) is 0 Å². The van der Waals surface area contributed by atoms with E-state index in [-0.39, 0.29) is 12.0 Å². The van der Waals surface area contributed by atoms with Crippen molar-refractivity contribution in [1.82, 2.24) is 5.32 Å². The molecule has 1 N–H and O–H groups in total. The first-order valence-corrected chi connectivity index (χ1v) is 7.36. The third-order valence-corrected chi connectivity index (χ3v) is 4.27. The van der Waals surface area contributed by atoms with Crippen LogP contribution in [0.4, 0.5) is 0 Å². The summed E-state index contributed by atoms with van der Waals surface area (Å²) < 4.78 is 0. The molecule has 2 rings (SSSR count). The fourth-order valence-corrected chi connectivity index (χ4v) is 3.11. The van der Waals surface area contributed by atoms with E-state index in [0.717, 1.165) is 0 Å². The summed E-state index contributed by atoms with van der Waals surface area (Å²) in [6, 6.07) is 9.40. The molecule has 0 heterocycles. The molecule has 1 aromatic carbocycles. The number of benzene rings is 1. The lowest BCUT2D eigenvalue weighted by atomic mass is 9.83. The summed E-state index contributed by atoms with van der Waals surface area (Å²) in [6.45, 7) is 4.24. The summed E-state index contributed by atoms with van der Waals surface area (Å²) in [4.78, 5) is 0. The first-order valence-electron chi connectivity index (χ1n) is 7.36. The van der Waals surface area contributed by atoms with Gasteiger partial charge in [-0.2, -0.15) is 5.26 Å². The van der Waals surface area contributed by atoms with Crippen molar-refractivity contribution >= 4 is 0 Å². The zero-order chi connectivity index (χ0) is 13.8. The number of hydrogen-bond donors (Lipinski definition) is 1. The Labute approximate surface area is 116 Å². The van der Waals surface area contributed by atoms with E-state index in [0.29, 0.717) is 5.92 Å². The number of nitrogens with one attached hydrogen (secondary N) is 1. The third-order valence-electron chi connectivity index (χ3n) is 4.27. The van der Waals surface area contributed by atoms with Crippen molar-refractivity contribution in [1.29, 1.82) is 5.26 Å². The molecule has 0 aliphatic heterocycles. The lowest BCUT2D eigenvalue weighted by Crippen LogP contribution is -2.28. The maximum Gasteiger partial charge on any atom is 0.0681 e. The summed E-state index contributed by atoms with van der Waals surface area (Å²) in [5.74, 6) is 0.380. The molecule has 0 fully saturated rings. The van der Waals surface area contributed by atoms with Crippen LogP contribution in [0.1, 0.15) is 49.4 Å². The molecule has 0 saturated carbocycles. The highest BCUT2D eigenvalue weighted by Crippen LogP contribution is 2.30. The molecule has 0 radical (unpaired) electrons. The van der Waals surface area contributed by atoms with Crippen molar-refractivity contribution in [2.45, 2.75) is 45.6 Å². The van der Waals surface area contributed by atoms with E-state index in [1.807, 2.05) is 7.05 Å². The van der Waals surface area contributed by atoms with Crippen LogP contribution >= 0.6 is 0 Å². The monoisotopic (exact) mass is 256 g/mol. The molecule has 2 heteroatoms. The normalized spacial score (nSPS) is 17.6. The number of rotatable bonds is 4. The molecule has 0 saturated heterocycles. The molecule has 19 heavy (non-hydrogen) atoms. The van der Waals surface area contributed by atoms with E-state index in [1.165, 1.54) is 42.4 Å². The molecule has 1 aliphatic rings. The molecule has 102 valence electrons. The average Bonchev–Trinajstić information content (AvgIpc) is 2.43. The van der Waals surface area contributed by atoms with Gasteiger partial charge in [0.1, 0.15) is 0 Å². The number of nitrogens with zero attached hydrogens (tertiary/aromatic N) is 1. The van der Waals surface area contributed by atoms with Crippen LogP contribution in [0.15, 0.2) is 18.2 Å². The molecule has 0 aromatic heterocycles. The first-order chi connectivity index (χ1) is 9.17. The fraction of sp³-hybridized carbons (Fsp3) is 0.588. The quantitative estimate of drug-likeness (QED) is 0.893. The van der Waals surface area contributed by atoms with Crippen LogP contribution in [0.3, 0.4) is 0 Å². The second-order valence-corrected chi connectivity index (χ2v) is 5.90. The Bertz CT molecular complexity index is 471. The predicted molar refractivity (Wildman–Crippen MR) is 78.8 cm³/mol. The summed E-state index contributed by atoms with van der Waals surface area (Å²) in [5.41, 5.74) is 4.26. The van der Waals surface area contributed by atoms with E-state index in [4.69, 9.17) is 0 Å². The number of hydrogen-bond acceptors (Lipinski definition) is 2. The maximum atomic E-state index is 9.41. The van der Waals surface area contributed by atoms with Crippen LogP contribution in [-0.2, 0) is 12.8 Å². The lowest BCUT2D eigenvalue weighted by Gasteiger charge is -2.26. The number of aryl methyl sites for hydroxylation is 2. The standard InChI is InChI=1S/C17H24N2/c1-12(2)16(11-18)17(19-3)15-9-8-13-6-4-5-7-14(13)10-15/h8-10,12,16-17,19H,4-7H2,1-3H3. The fourth-order valence-electron chi connectivity index (χ4n) is 3.11. The minimum atomic E-state index is 0.0200. The van der Waals surface area contributed by atoms with Gasteiger partial charge in [0.05, 0.1) is 12.0 Å². The van der Waals surface area contributed by atoms with E-state index in [2.05, 4.69) is 43.4 Å². The highest BCUT2D eigenvalue weighted by atomic mass is 14.9. The highest BCUT2D eigenvalue weighted by molar-refractivity contribution is 5.36. The zero-order valence-electron chi connectivity index (χ0n) is 12.2. The smallest absolute Gasteiger partial charge is 0.0681 e. The average molecular weight is 256 g/mol. The van der Waals surface area contributed by atoms with E-state index < -0.39 is 0 Å². The van der Waals surface area contributed by atoms with Crippen molar-refractivity contribution in [3.05, 3.63) is 34.9 Å². The molecule has 2 nitrogen and oxygen atoms in total. The number of fused-ring (bicyclic) bond motifs is 1. The Morgan fingerprint density at radius 1 is 1.16 bits per heavy atom. The van der Waals surface area contributed by atoms with Crippen LogP contribution in [0, 0.1) is 23.2 Å². The zero-order valence-corrected chi connectivity index (χ0v) is 12.2. The summed E-state index contributed by atoms with van der Waals surface area (Å²) in [6.07, 6.45) is 5.02. The van der Waals surface area contributed by atoms with Gasteiger partial charge in [-0.15, -0.1) is 0 Å². The van der Waals surface area contributed by atoms with Crippen LogP contribution in [0.5, 0.6) is 0 Å². The van der Waals surface area contributed by atoms with Crippen molar-refractivity contribution in [3.8, 4) is 6.07 Å². The van der Waals surface area contributed by atoms with Crippen LogP contribution in [0.2, 0.25) is 0 Å². The topological polar surface area (TPSA) is 35.8 Å². The molecular formula is C17H24N2. The van der Waals surface area contributed by atoms with Crippen LogP contribution in [-0.4, -0.2) is 7.05 Å². The lowest BCUT2D eigenvalue weighted by molar-refractivity contribution is 0.362. The van der Waals surface area contributed by atoms with E-state index in [1.54, 1.807) is 0 Å². The van der Waals surface area contributed by atoms with Gasteiger partial charge in [0, 0.05) is 6.04 Å². The minimum absolute atomic E-state index is 0.0200. The Hall–Kier alpha value is -1.33. The minimum Gasteiger partial charge on any atom is -0.312 e. The Morgan fingerprint density at radius 3 is 2.42 bits per heavy atom. The first kappa shape index (κ1) is 14.1. The summed E-state index contributed by atoms with van der Waals surface area (Å²) >= 11 is 0. The molecule has 1 aromatic rings. The van der Waals surface area contributed by atoms with Gasteiger partial charge < -0.3 is 5.32 Å². The van der Waals surface area contributed by atoms with Gasteiger partial charge in [0.25, 0.3) is 0 Å². The highest BCUT2D eigenvalue weighted by Gasteiger charge is 2.25. The molecule has 2 atom stereocenters. The van der Waals surface area contributed by atoms with Gasteiger partial charge in [-0.05, 0) is 55.3 Å². The molecule has 2 unspecified atom stereocenters. The molecule has 0 amide bonds.